The molecule has 2 aliphatic rings. The molecule has 0 radical (unpaired) electrons. The van der Waals surface area contributed by atoms with Gasteiger partial charge in [0.1, 0.15) is 11.3 Å². The number of piperidine rings is 1. The number of nitrogens with zero attached hydrogens (tertiary/aromatic N) is 3. The quantitative estimate of drug-likeness (QED) is 0.763. The summed E-state index contributed by atoms with van der Waals surface area (Å²) in [5, 5.41) is 10.8. The molecule has 29 heavy (non-hydrogen) atoms. The third-order valence-corrected chi connectivity index (χ3v) is 5.62. The lowest BCUT2D eigenvalue weighted by molar-refractivity contribution is -0.132. The maximum Gasteiger partial charge on any atom is 0.248 e. The SMILES string of the molecule is COc1cccc(N2CC(NC(=O)C3(n4cccn4)CCNCC3)CC2=O)c1.Cl. The summed E-state index contributed by atoms with van der Waals surface area (Å²) in [4.78, 5) is 27.5. The van der Waals surface area contributed by atoms with Crippen LogP contribution in [0.5, 0.6) is 5.75 Å². The fourth-order valence-electron chi connectivity index (χ4n) is 4.07. The van der Waals surface area contributed by atoms with Crippen molar-refractivity contribution in [1.82, 2.24) is 20.4 Å². The highest BCUT2D eigenvalue weighted by atomic mass is 35.5. The van der Waals surface area contributed by atoms with Gasteiger partial charge in [0.05, 0.1) is 13.2 Å². The minimum Gasteiger partial charge on any atom is -0.497 e. The Kier molecular flexibility index (Phi) is 6.44. The van der Waals surface area contributed by atoms with Crippen molar-refractivity contribution in [3.63, 3.8) is 0 Å². The van der Waals surface area contributed by atoms with E-state index in [0.29, 0.717) is 25.1 Å². The molecule has 0 saturated carbocycles. The van der Waals surface area contributed by atoms with Gasteiger partial charge in [0.2, 0.25) is 11.8 Å². The molecule has 0 aliphatic carbocycles. The van der Waals surface area contributed by atoms with Gasteiger partial charge in [-0.2, -0.15) is 5.10 Å². The molecular formula is C20H26ClN5O3. The summed E-state index contributed by atoms with van der Waals surface area (Å²) in [5.74, 6) is 0.630. The van der Waals surface area contributed by atoms with Crippen LogP contribution in [0, 0.1) is 0 Å². The van der Waals surface area contributed by atoms with E-state index in [1.54, 1.807) is 22.9 Å². The van der Waals surface area contributed by atoms with Gasteiger partial charge in [-0.05, 0) is 44.1 Å². The molecule has 2 fully saturated rings. The highest BCUT2D eigenvalue weighted by molar-refractivity contribution is 5.97. The summed E-state index contributed by atoms with van der Waals surface area (Å²) in [7, 11) is 1.60. The summed E-state index contributed by atoms with van der Waals surface area (Å²) in [6.07, 6.45) is 5.16. The second-order valence-corrected chi connectivity index (χ2v) is 7.31. The normalized spacial score (nSPS) is 20.8. The molecule has 0 bridgehead atoms. The molecule has 9 heteroatoms. The molecule has 2 amide bonds. The number of halogens is 1. The van der Waals surface area contributed by atoms with E-state index >= 15 is 0 Å². The molecule has 1 aromatic carbocycles. The zero-order valence-corrected chi connectivity index (χ0v) is 17.2. The minimum atomic E-state index is -0.707. The van der Waals surface area contributed by atoms with E-state index in [1.165, 1.54) is 0 Å². The Balaban J connectivity index is 0.00000240. The van der Waals surface area contributed by atoms with Crippen LogP contribution in [0.3, 0.4) is 0 Å². The first-order valence-corrected chi connectivity index (χ1v) is 9.59. The van der Waals surface area contributed by atoms with Gasteiger partial charge < -0.3 is 20.3 Å². The molecule has 3 heterocycles. The van der Waals surface area contributed by atoms with Gasteiger partial charge >= 0.3 is 0 Å². The molecule has 2 aliphatic heterocycles. The summed E-state index contributed by atoms with van der Waals surface area (Å²) in [6, 6.07) is 9.01. The number of rotatable bonds is 5. The first-order chi connectivity index (χ1) is 13.6. The second kappa shape index (κ2) is 8.84. The summed E-state index contributed by atoms with van der Waals surface area (Å²) in [5.41, 5.74) is 0.0750. The molecule has 1 aromatic heterocycles. The maximum absolute atomic E-state index is 13.3. The average molecular weight is 420 g/mol. The molecule has 4 rings (SSSR count). The van der Waals surface area contributed by atoms with Gasteiger partial charge in [0, 0.05) is 37.1 Å². The van der Waals surface area contributed by atoms with Crippen molar-refractivity contribution < 1.29 is 14.3 Å². The van der Waals surface area contributed by atoms with Crippen molar-refractivity contribution in [2.45, 2.75) is 30.8 Å². The van der Waals surface area contributed by atoms with E-state index in [1.807, 2.05) is 36.5 Å². The molecule has 156 valence electrons. The van der Waals surface area contributed by atoms with Crippen molar-refractivity contribution in [2.24, 2.45) is 0 Å². The average Bonchev–Trinajstić information content (AvgIpc) is 3.39. The molecule has 1 unspecified atom stereocenters. The monoisotopic (exact) mass is 419 g/mol. The highest BCUT2D eigenvalue weighted by Gasteiger charge is 2.44. The number of aromatic nitrogens is 2. The molecule has 0 spiro atoms. The van der Waals surface area contributed by atoms with Crippen molar-refractivity contribution in [3.05, 3.63) is 42.7 Å². The molecule has 2 saturated heterocycles. The standard InChI is InChI=1S/C20H25N5O3.ClH/c1-28-17-5-2-4-16(13-17)24-14-15(12-18(24)26)23-19(27)20(6-9-21-10-7-20)25-11-3-8-22-25;/h2-5,8,11,13,15,21H,6-7,9-10,12,14H2,1H3,(H,23,27);1H. The number of ether oxygens (including phenoxy) is 1. The van der Waals surface area contributed by atoms with Crippen molar-refractivity contribution >= 4 is 29.9 Å². The van der Waals surface area contributed by atoms with E-state index in [0.717, 1.165) is 18.8 Å². The first kappa shape index (κ1) is 21.1. The number of methoxy groups -OCH3 is 1. The van der Waals surface area contributed by atoms with Crippen LogP contribution < -0.4 is 20.3 Å². The fraction of sp³-hybridized carbons (Fsp3) is 0.450. The maximum atomic E-state index is 13.3. The number of hydrogen-bond acceptors (Lipinski definition) is 5. The van der Waals surface area contributed by atoms with Crippen molar-refractivity contribution in [3.8, 4) is 5.75 Å². The van der Waals surface area contributed by atoms with Gasteiger partial charge in [0.15, 0.2) is 0 Å². The molecule has 2 N–H and O–H groups in total. The molecule has 1 atom stereocenters. The predicted molar refractivity (Wildman–Crippen MR) is 111 cm³/mol. The van der Waals surface area contributed by atoms with Crippen LogP contribution in [-0.2, 0) is 15.1 Å². The van der Waals surface area contributed by atoms with Gasteiger partial charge in [-0.1, -0.05) is 6.07 Å². The van der Waals surface area contributed by atoms with Crippen LogP contribution in [0.25, 0.3) is 0 Å². The summed E-state index contributed by atoms with van der Waals surface area (Å²) >= 11 is 0. The topological polar surface area (TPSA) is 88.5 Å². The fourth-order valence-corrected chi connectivity index (χ4v) is 4.07. The number of carbonyl (C=O) groups excluding carboxylic acids is 2. The van der Waals surface area contributed by atoms with Crippen LogP contribution in [0.2, 0.25) is 0 Å². The third kappa shape index (κ3) is 4.09. The van der Waals surface area contributed by atoms with Crippen molar-refractivity contribution in [1.29, 1.82) is 0 Å². The Morgan fingerprint density at radius 2 is 2.10 bits per heavy atom. The lowest BCUT2D eigenvalue weighted by atomic mass is 9.87. The Labute approximate surface area is 176 Å². The second-order valence-electron chi connectivity index (χ2n) is 7.31. The van der Waals surface area contributed by atoms with E-state index in [2.05, 4.69) is 15.7 Å². The van der Waals surface area contributed by atoms with E-state index in [9.17, 15) is 9.59 Å². The molecular weight excluding hydrogens is 394 g/mol. The highest BCUT2D eigenvalue weighted by Crippen LogP contribution is 2.29. The smallest absolute Gasteiger partial charge is 0.248 e. The Bertz CT molecular complexity index is 852. The van der Waals surface area contributed by atoms with E-state index < -0.39 is 5.54 Å². The third-order valence-electron chi connectivity index (χ3n) is 5.62. The number of hydrogen-bond donors (Lipinski definition) is 2. The number of nitrogens with one attached hydrogen (secondary N) is 2. The Morgan fingerprint density at radius 1 is 1.31 bits per heavy atom. The summed E-state index contributed by atoms with van der Waals surface area (Å²) in [6.45, 7) is 1.96. The number of carbonyl (C=O) groups is 2. The zero-order chi connectivity index (χ0) is 19.6. The lowest BCUT2D eigenvalue weighted by Gasteiger charge is -2.37. The predicted octanol–water partition coefficient (Wildman–Crippen LogP) is 1.31. The number of benzene rings is 1. The minimum absolute atomic E-state index is 0. The van der Waals surface area contributed by atoms with Gasteiger partial charge in [0.25, 0.3) is 0 Å². The zero-order valence-electron chi connectivity index (χ0n) is 16.3. The Hall–Kier alpha value is -2.58. The number of anilines is 1. The van der Waals surface area contributed by atoms with Gasteiger partial charge in [-0.15, -0.1) is 12.4 Å². The molecule has 8 nitrogen and oxygen atoms in total. The summed E-state index contributed by atoms with van der Waals surface area (Å²) < 4.78 is 7.02. The van der Waals surface area contributed by atoms with Crippen LogP contribution in [-0.4, -0.2) is 54.4 Å². The van der Waals surface area contributed by atoms with E-state index in [4.69, 9.17) is 4.74 Å². The molecule has 2 aromatic rings. The van der Waals surface area contributed by atoms with Crippen molar-refractivity contribution in [2.75, 3.05) is 31.6 Å². The largest absolute Gasteiger partial charge is 0.497 e. The lowest BCUT2D eigenvalue weighted by Crippen LogP contribution is -2.56. The van der Waals surface area contributed by atoms with Gasteiger partial charge in [-0.25, -0.2) is 0 Å². The van der Waals surface area contributed by atoms with Gasteiger partial charge in [-0.3, -0.25) is 14.3 Å². The number of amides is 2. The van der Waals surface area contributed by atoms with Crippen LogP contribution in [0.4, 0.5) is 5.69 Å². The van der Waals surface area contributed by atoms with Crippen LogP contribution in [0.1, 0.15) is 19.3 Å². The van der Waals surface area contributed by atoms with E-state index in [-0.39, 0.29) is 36.7 Å². The Morgan fingerprint density at radius 3 is 2.79 bits per heavy atom. The van der Waals surface area contributed by atoms with Crippen LogP contribution in [0.15, 0.2) is 42.7 Å². The first-order valence-electron chi connectivity index (χ1n) is 9.59. The van der Waals surface area contributed by atoms with Crippen LogP contribution >= 0.6 is 12.4 Å².